The molecule has 20 heavy (non-hydrogen) atoms. The van der Waals surface area contributed by atoms with E-state index in [4.69, 9.17) is 11.6 Å². The van der Waals surface area contributed by atoms with Gasteiger partial charge >= 0.3 is 0 Å². The molecule has 0 fully saturated rings. The van der Waals surface area contributed by atoms with Gasteiger partial charge in [-0.3, -0.25) is 9.48 Å². The first kappa shape index (κ1) is 14.8. The van der Waals surface area contributed by atoms with E-state index in [9.17, 15) is 4.79 Å². The molecule has 0 aliphatic rings. The molecule has 0 spiro atoms. The van der Waals surface area contributed by atoms with Crippen molar-refractivity contribution in [1.82, 2.24) is 9.78 Å². The van der Waals surface area contributed by atoms with Crippen LogP contribution >= 0.6 is 11.6 Å². The smallest absolute Gasteiger partial charge is 0.139 e. The molecule has 0 aliphatic heterocycles. The second-order valence-electron chi connectivity index (χ2n) is 4.89. The third kappa shape index (κ3) is 3.48. The van der Waals surface area contributed by atoms with Gasteiger partial charge in [0.05, 0.1) is 16.4 Å². The summed E-state index contributed by atoms with van der Waals surface area (Å²) in [6.45, 7) is 2.01. The lowest BCUT2D eigenvalue weighted by Gasteiger charge is -2.03. The van der Waals surface area contributed by atoms with Crippen molar-refractivity contribution in [2.45, 2.75) is 32.6 Å². The van der Waals surface area contributed by atoms with Crippen LogP contribution in [0.4, 0.5) is 0 Å². The monoisotopic (exact) mass is 290 g/mol. The van der Waals surface area contributed by atoms with Gasteiger partial charge in [0.1, 0.15) is 5.78 Å². The summed E-state index contributed by atoms with van der Waals surface area (Å²) in [7, 11) is 1.84. The molecule has 4 heteroatoms. The summed E-state index contributed by atoms with van der Waals surface area (Å²) in [5.74, 6) is 0.196. The molecule has 0 aliphatic carbocycles. The van der Waals surface area contributed by atoms with Gasteiger partial charge in [-0.1, -0.05) is 48.9 Å². The fourth-order valence-electron chi connectivity index (χ4n) is 2.22. The number of nitrogens with zero attached hydrogens (tertiary/aromatic N) is 2. The van der Waals surface area contributed by atoms with E-state index in [0.717, 1.165) is 24.2 Å². The number of carbonyl (C=O) groups excluding carboxylic acids is 1. The number of Topliss-reactive ketones (excluding diaryl/α,β-unsaturated/α-hetero) is 1. The molecular formula is C16H19ClN2O. The molecule has 2 aromatic rings. The van der Waals surface area contributed by atoms with Crippen LogP contribution in [0.25, 0.3) is 0 Å². The van der Waals surface area contributed by atoms with E-state index in [1.54, 1.807) is 4.68 Å². The zero-order valence-electron chi connectivity index (χ0n) is 11.9. The SMILES string of the molecule is CCc1nn(C)c(CC(=O)CCc2ccccc2)c1Cl. The molecule has 0 unspecified atom stereocenters. The maximum absolute atomic E-state index is 12.1. The minimum absolute atomic E-state index is 0.196. The van der Waals surface area contributed by atoms with E-state index >= 15 is 0 Å². The van der Waals surface area contributed by atoms with Crippen LogP contribution in [-0.4, -0.2) is 15.6 Å². The van der Waals surface area contributed by atoms with Crippen molar-refractivity contribution in [3.05, 3.63) is 52.3 Å². The first-order valence-electron chi connectivity index (χ1n) is 6.87. The molecule has 0 atom stereocenters. The Morgan fingerprint density at radius 2 is 2.00 bits per heavy atom. The Hall–Kier alpha value is -1.61. The van der Waals surface area contributed by atoms with Crippen molar-refractivity contribution < 1.29 is 4.79 Å². The highest BCUT2D eigenvalue weighted by atomic mass is 35.5. The molecule has 106 valence electrons. The Morgan fingerprint density at radius 1 is 1.30 bits per heavy atom. The van der Waals surface area contributed by atoms with E-state index in [1.165, 1.54) is 5.56 Å². The third-order valence-electron chi connectivity index (χ3n) is 3.40. The zero-order valence-corrected chi connectivity index (χ0v) is 12.7. The van der Waals surface area contributed by atoms with Crippen LogP contribution in [0.3, 0.4) is 0 Å². The van der Waals surface area contributed by atoms with Crippen LogP contribution in [0.2, 0.25) is 5.02 Å². The van der Waals surface area contributed by atoms with Crippen molar-refractivity contribution >= 4 is 17.4 Å². The van der Waals surface area contributed by atoms with Gasteiger partial charge in [-0.25, -0.2) is 0 Å². The predicted octanol–water partition coefficient (Wildman–Crippen LogP) is 3.38. The third-order valence-corrected chi connectivity index (χ3v) is 3.84. The molecule has 0 amide bonds. The Bertz CT molecular complexity index is 590. The number of halogens is 1. The highest BCUT2D eigenvalue weighted by Gasteiger charge is 2.15. The standard InChI is InChI=1S/C16H19ClN2O/c1-3-14-16(17)15(19(2)18-14)11-13(20)10-9-12-7-5-4-6-8-12/h4-8H,3,9-11H2,1-2H3. The molecule has 1 heterocycles. The number of benzene rings is 1. The van der Waals surface area contributed by atoms with Crippen LogP contribution in [-0.2, 0) is 31.1 Å². The molecule has 2 rings (SSSR count). The quantitative estimate of drug-likeness (QED) is 0.817. The van der Waals surface area contributed by atoms with Crippen molar-refractivity contribution in [3.8, 4) is 0 Å². The second-order valence-corrected chi connectivity index (χ2v) is 5.26. The minimum Gasteiger partial charge on any atom is -0.299 e. The number of hydrogen-bond acceptors (Lipinski definition) is 2. The van der Waals surface area contributed by atoms with E-state index in [1.807, 2.05) is 44.3 Å². The van der Waals surface area contributed by atoms with E-state index in [0.29, 0.717) is 17.9 Å². The topological polar surface area (TPSA) is 34.9 Å². The summed E-state index contributed by atoms with van der Waals surface area (Å²) in [4.78, 5) is 12.1. The van der Waals surface area contributed by atoms with E-state index in [2.05, 4.69) is 5.10 Å². The first-order chi connectivity index (χ1) is 9.61. The van der Waals surface area contributed by atoms with Gasteiger partial charge in [-0.05, 0) is 18.4 Å². The van der Waals surface area contributed by atoms with Gasteiger partial charge in [0.25, 0.3) is 0 Å². The highest BCUT2D eigenvalue weighted by molar-refractivity contribution is 6.32. The number of aromatic nitrogens is 2. The van der Waals surface area contributed by atoms with Gasteiger partial charge in [-0.15, -0.1) is 0 Å². The summed E-state index contributed by atoms with van der Waals surface area (Å²) in [5.41, 5.74) is 2.87. The summed E-state index contributed by atoms with van der Waals surface area (Å²) >= 11 is 6.26. The van der Waals surface area contributed by atoms with Crippen molar-refractivity contribution in [1.29, 1.82) is 0 Å². The molecular weight excluding hydrogens is 272 g/mol. The maximum Gasteiger partial charge on any atom is 0.139 e. The van der Waals surface area contributed by atoms with E-state index < -0.39 is 0 Å². The van der Waals surface area contributed by atoms with Crippen LogP contribution in [0.15, 0.2) is 30.3 Å². The number of hydrogen-bond donors (Lipinski definition) is 0. The van der Waals surface area contributed by atoms with Gasteiger partial charge in [-0.2, -0.15) is 5.10 Å². The molecule has 3 nitrogen and oxygen atoms in total. The Labute approximate surface area is 124 Å². The summed E-state index contributed by atoms with van der Waals surface area (Å²) in [6.07, 6.45) is 2.45. The molecule has 0 saturated carbocycles. The van der Waals surface area contributed by atoms with Crippen LogP contribution < -0.4 is 0 Å². The maximum atomic E-state index is 12.1. The number of rotatable bonds is 6. The van der Waals surface area contributed by atoms with Crippen LogP contribution in [0.5, 0.6) is 0 Å². The normalized spacial score (nSPS) is 10.8. The Kier molecular flexibility index (Phi) is 4.96. The van der Waals surface area contributed by atoms with Gasteiger partial charge in [0.2, 0.25) is 0 Å². The average Bonchev–Trinajstić information content (AvgIpc) is 2.73. The number of ketones is 1. The fourth-order valence-corrected chi connectivity index (χ4v) is 2.58. The second kappa shape index (κ2) is 6.71. The zero-order chi connectivity index (χ0) is 14.5. The van der Waals surface area contributed by atoms with E-state index in [-0.39, 0.29) is 5.78 Å². The summed E-state index contributed by atoms with van der Waals surface area (Å²) in [6, 6.07) is 10.0. The summed E-state index contributed by atoms with van der Waals surface area (Å²) < 4.78 is 1.72. The average molecular weight is 291 g/mol. The number of aryl methyl sites for hydroxylation is 3. The van der Waals surface area contributed by atoms with Crippen molar-refractivity contribution in [3.63, 3.8) is 0 Å². The molecule has 0 N–H and O–H groups in total. The lowest BCUT2D eigenvalue weighted by atomic mass is 10.0. The van der Waals surface area contributed by atoms with Crippen molar-refractivity contribution in [2.75, 3.05) is 0 Å². The van der Waals surface area contributed by atoms with Gasteiger partial charge in [0.15, 0.2) is 0 Å². The molecule has 0 saturated heterocycles. The predicted molar refractivity (Wildman–Crippen MR) is 81.1 cm³/mol. The Morgan fingerprint density at radius 3 is 2.60 bits per heavy atom. The molecule has 0 bridgehead atoms. The largest absolute Gasteiger partial charge is 0.299 e. The lowest BCUT2D eigenvalue weighted by molar-refractivity contribution is -0.118. The fraction of sp³-hybridized carbons (Fsp3) is 0.375. The first-order valence-corrected chi connectivity index (χ1v) is 7.25. The molecule has 0 radical (unpaired) electrons. The number of carbonyl (C=O) groups is 1. The van der Waals surface area contributed by atoms with Gasteiger partial charge < -0.3 is 0 Å². The van der Waals surface area contributed by atoms with Crippen LogP contribution in [0, 0.1) is 0 Å². The van der Waals surface area contributed by atoms with Crippen LogP contribution in [0.1, 0.15) is 30.3 Å². The highest BCUT2D eigenvalue weighted by Crippen LogP contribution is 2.21. The molecule has 1 aromatic carbocycles. The minimum atomic E-state index is 0.196. The lowest BCUT2D eigenvalue weighted by Crippen LogP contribution is -2.08. The summed E-state index contributed by atoms with van der Waals surface area (Å²) in [5, 5.41) is 4.97. The van der Waals surface area contributed by atoms with Crippen molar-refractivity contribution in [2.24, 2.45) is 7.05 Å². The Balaban J connectivity index is 1.97. The van der Waals surface area contributed by atoms with Gasteiger partial charge in [0, 0.05) is 19.9 Å². The molecule has 1 aromatic heterocycles.